The van der Waals surface area contributed by atoms with Gasteiger partial charge in [-0.2, -0.15) is 0 Å². The summed E-state index contributed by atoms with van der Waals surface area (Å²) in [6, 6.07) is 10.1. The molecule has 106 valence electrons. The Balaban J connectivity index is 2.08. The molecule has 0 spiro atoms. The van der Waals surface area contributed by atoms with Gasteiger partial charge >= 0.3 is 0 Å². The first kappa shape index (κ1) is 14.4. The van der Waals surface area contributed by atoms with Gasteiger partial charge in [0.1, 0.15) is 0 Å². The number of hydrogen-bond acceptors (Lipinski definition) is 3. The van der Waals surface area contributed by atoms with Crippen molar-refractivity contribution < 1.29 is 0 Å². The van der Waals surface area contributed by atoms with E-state index < -0.39 is 0 Å². The van der Waals surface area contributed by atoms with Gasteiger partial charge in [0.25, 0.3) is 0 Å². The minimum absolute atomic E-state index is 0.421. The van der Waals surface area contributed by atoms with Crippen LogP contribution < -0.4 is 10.2 Å². The predicted octanol–water partition coefficient (Wildman–Crippen LogP) is 2.50. The summed E-state index contributed by atoms with van der Waals surface area (Å²) in [5.41, 5.74) is 2.73. The van der Waals surface area contributed by atoms with Gasteiger partial charge in [-0.05, 0) is 58.6 Å². The molecule has 1 fully saturated rings. The van der Waals surface area contributed by atoms with Crippen molar-refractivity contribution in [3.8, 4) is 0 Å². The number of benzene rings is 1. The van der Waals surface area contributed by atoms with E-state index in [1.165, 1.54) is 30.6 Å². The number of nitrogens with zero attached hydrogens (tertiary/aromatic N) is 2. The first-order valence-electron chi connectivity index (χ1n) is 7.30. The largest absolute Gasteiger partial charge is 0.367 e. The highest BCUT2D eigenvalue weighted by atomic mass is 15.2. The van der Waals surface area contributed by atoms with E-state index in [0.29, 0.717) is 12.1 Å². The van der Waals surface area contributed by atoms with E-state index in [1.807, 2.05) is 7.05 Å². The van der Waals surface area contributed by atoms with E-state index in [2.05, 4.69) is 60.4 Å². The Bertz CT molecular complexity index is 385. The molecular formula is C16H27N3. The maximum Gasteiger partial charge on any atom is 0.0417 e. The van der Waals surface area contributed by atoms with Crippen molar-refractivity contribution in [1.82, 2.24) is 10.2 Å². The minimum atomic E-state index is 0.421. The molecule has 1 aliphatic rings. The van der Waals surface area contributed by atoms with Crippen molar-refractivity contribution in [2.75, 3.05) is 39.1 Å². The molecule has 2 rings (SSSR count). The highest BCUT2D eigenvalue weighted by Gasteiger charge is 2.25. The molecule has 1 aromatic rings. The highest BCUT2D eigenvalue weighted by molar-refractivity contribution is 5.50. The van der Waals surface area contributed by atoms with E-state index >= 15 is 0 Å². The lowest BCUT2D eigenvalue weighted by Gasteiger charge is -2.29. The van der Waals surface area contributed by atoms with Crippen LogP contribution in [0.4, 0.5) is 5.69 Å². The van der Waals surface area contributed by atoms with Crippen LogP contribution in [0.1, 0.15) is 31.4 Å². The van der Waals surface area contributed by atoms with Crippen LogP contribution in [-0.2, 0) is 0 Å². The summed E-state index contributed by atoms with van der Waals surface area (Å²) in [5, 5.41) is 3.28. The normalized spacial score (nSPS) is 21.1. The molecule has 0 saturated carbocycles. The summed E-state index contributed by atoms with van der Waals surface area (Å²) in [4.78, 5) is 4.86. The van der Waals surface area contributed by atoms with E-state index in [4.69, 9.17) is 0 Å². The van der Waals surface area contributed by atoms with E-state index in [-0.39, 0.29) is 0 Å². The summed E-state index contributed by atoms with van der Waals surface area (Å²) < 4.78 is 0. The molecular weight excluding hydrogens is 234 g/mol. The van der Waals surface area contributed by atoms with Crippen molar-refractivity contribution in [3.63, 3.8) is 0 Å². The topological polar surface area (TPSA) is 18.5 Å². The third-order valence-corrected chi connectivity index (χ3v) is 4.11. The molecule has 19 heavy (non-hydrogen) atoms. The molecule has 0 aromatic heterocycles. The summed E-state index contributed by atoms with van der Waals surface area (Å²) in [7, 11) is 6.33. The number of anilines is 1. The highest BCUT2D eigenvalue weighted by Crippen LogP contribution is 2.27. The van der Waals surface area contributed by atoms with Gasteiger partial charge in [-0.1, -0.05) is 12.1 Å². The number of rotatable bonds is 5. The second-order valence-electron chi connectivity index (χ2n) is 5.85. The molecule has 1 saturated heterocycles. The van der Waals surface area contributed by atoms with Gasteiger partial charge in [-0.25, -0.2) is 0 Å². The molecule has 0 aliphatic carbocycles. The Morgan fingerprint density at radius 1 is 1.32 bits per heavy atom. The third-order valence-electron chi connectivity index (χ3n) is 4.11. The molecule has 3 heteroatoms. The molecule has 2 atom stereocenters. The first-order chi connectivity index (χ1) is 9.11. The Kier molecular flexibility index (Phi) is 4.83. The summed E-state index contributed by atoms with van der Waals surface area (Å²) in [6.07, 6.45) is 2.63. The fourth-order valence-corrected chi connectivity index (χ4v) is 2.91. The molecule has 0 radical (unpaired) electrons. The van der Waals surface area contributed by atoms with Gasteiger partial charge in [0.2, 0.25) is 0 Å². The van der Waals surface area contributed by atoms with Gasteiger partial charge in [-0.3, -0.25) is 0 Å². The van der Waals surface area contributed by atoms with Crippen LogP contribution in [0.3, 0.4) is 0 Å². The van der Waals surface area contributed by atoms with Gasteiger partial charge in [0, 0.05) is 30.9 Å². The van der Waals surface area contributed by atoms with Gasteiger partial charge in [0.05, 0.1) is 0 Å². The van der Waals surface area contributed by atoms with Gasteiger partial charge in [0.15, 0.2) is 0 Å². The zero-order valence-corrected chi connectivity index (χ0v) is 12.7. The lowest BCUT2D eigenvalue weighted by Crippen LogP contribution is -2.37. The van der Waals surface area contributed by atoms with Gasteiger partial charge < -0.3 is 15.1 Å². The summed E-state index contributed by atoms with van der Waals surface area (Å²) >= 11 is 0. The standard InChI is InChI=1S/C16H27N3/c1-13(17-2)14-7-9-15(10-8-14)19-11-5-6-16(19)12-18(3)4/h7-10,13,16-17H,5-6,11-12H2,1-4H3. The second-order valence-corrected chi connectivity index (χ2v) is 5.85. The fraction of sp³-hybridized carbons (Fsp3) is 0.625. The number of likely N-dealkylation sites (N-methyl/N-ethyl adjacent to an activating group) is 1. The Morgan fingerprint density at radius 3 is 2.58 bits per heavy atom. The van der Waals surface area contributed by atoms with Crippen LogP contribution >= 0.6 is 0 Å². The van der Waals surface area contributed by atoms with Gasteiger partial charge in [-0.15, -0.1) is 0 Å². The van der Waals surface area contributed by atoms with Crippen molar-refractivity contribution in [2.24, 2.45) is 0 Å². The van der Waals surface area contributed by atoms with E-state index in [1.54, 1.807) is 0 Å². The maximum atomic E-state index is 3.28. The minimum Gasteiger partial charge on any atom is -0.367 e. The van der Waals surface area contributed by atoms with Crippen LogP contribution in [0.15, 0.2) is 24.3 Å². The second kappa shape index (κ2) is 6.40. The number of nitrogens with one attached hydrogen (secondary N) is 1. The van der Waals surface area contributed by atoms with Crippen LogP contribution in [0, 0.1) is 0 Å². The SMILES string of the molecule is CNC(C)c1ccc(N2CCCC2CN(C)C)cc1. The van der Waals surface area contributed by atoms with Crippen molar-refractivity contribution in [3.05, 3.63) is 29.8 Å². The lowest BCUT2D eigenvalue weighted by molar-refractivity contribution is 0.372. The van der Waals surface area contributed by atoms with Crippen molar-refractivity contribution in [1.29, 1.82) is 0 Å². The molecule has 1 aromatic carbocycles. The zero-order chi connectivity index (χ0) is 13.8. The van der Waals surface area contributed by atoms with Crippen LogP contribution in [0.25, 0.3) is 0 Å². The third kappa shape index (κ3) is 3.48. The first-order valence-corrected chi connectivity index (χ1v) is 7.30. The molecule has 1 N–H and O–H groups in total. The molecule has 1 aliphatic heterocycles. The summed E-state index contributed by atoms with van der Waals surface area (Å²) in [5.74, 6) is 0. The molecule has 0 bridgehead atoms. The van der Waals surface area contributed by atoms with E-state index in [9.17, 15) is 0 Å². The molecule has 0 amide bonds. The molecule has 1 heterocycles. The Morgan fingerprint density at radius 2 is 2.00 bits per heavy atom. The molecule has 2 unspecified atom stereocenters. The zero-order valence-electron chi connectivity index (χ0n) is 12.7. The van der Waals surface area contributed by atoms with E-state index in [0.717, 1.165) is 6.54 Å². The van der Waals surface area contributed by atoms with Crippen molar-refractivity contribution >= 4 is 5.69 Å². The molecule has 3 nitrogen and oxygen atoms in total. The van der Waals surface area contributed by atoms with Crippen molar-refractivity contribution in [2.45, 2.75) is 31.8 Å². The lowest BCUT2D eigenvalue weighted by atomic mass is 10.1. The predicted molar refractivity (Wildman–Crippen MR) is 82.8 cm³/mol. The average molecular weight is 261 g/mol. The van der Waals surface area contributed by atoms with Crippen LogP contribution in [0.2, 0.25) is 0 Å². The quantitative estimate of drug-likeness (QED) is 0.878. The Hall–Kier alpha value is -1.06. The smallest absolute Gasteiger partial charge is 0.0417 e. The summed E-state index contributed by atoms with van der Waals surface area (Å²) in [6.45, 7) is 4.54. The Labute approximate surface area is 117 Å². The maximum absolute atomic E-state index is 3.28. The number of hydrogen-bond donors (Lipinski definition) is 1. The van der Waals surface area contributed by atoms with Crippen LogP contribution in [-0.4, -0.2) is 45.2 Å². The van der Waals surface area contributed by atoms with Crippen LogP contribution in [0.5, 0.6) is 0 Å². The fourth-order valence-electron chi connectivity index (χ4n) is 2.91. The average Bonchev–Trinajstić information content (AvgIpc) is 2.85. The monoisotopic (exact) mass is 261 g/mol.